The molecule has 0 saturated carbocycles. The molecule has 1 fully saturated rings. The average molecular weight is 296 g/mol. The number of rotatable bonds is 6. The van der Waals surface area contributed by atoms with E-state index in [2.05, 4.69) is 10.3 Å². The van der Waals surface area contributed by atoms with Gasteiger partial charge in [-0.15, -0.1) is 0 Å². The van der Waals surface area contributed by atoms with Crippen LogP contribution in [0.2, 0.25) is 0 Å². The molecule has 2 rings (SSSR count). The lowest BCUT2D eigenvalue weighted by Crippen LogP contribution is -2.36. The van der Waals surface area contributed by atoms with Gasteiger partial charge in [0.25, 0.3) is 5.91 Å². The van der Waals surface area contributed by atoms with Gasteiger partial charge >= 0.3 is 0 Å². The van der Waals surface area contributed by atoms with Crippen LogP contribution in [0.1, 0.15) is 30.1 Å². The summed E-state index contributed by atoms with van der Waals surface area (Å²) in [6.45, 7) is 1.86. The summed E-state index contributed by atoms with van der Waals surface area (Å²) in [6, 6.07) is 3.09. The topological polar surface area (TPSA) is 71.5 Å². The quantitative estimate of drug-likeness (QED) is 0.832. The van der Waals surface area contributed by atoms with Crippen molar-refractivity contribution in [3.8, 4) is 5.88 Å². The summed E-state index contributed by atoms with van der Waals surface area (Å²) in [4.78, 5) is 16.2. The van der Waals surface area contributed by atoms with Gasteiger partial charge in [-0.05, 0) is 24.7 Å². The van der Waals surface area contributed by atoms with Gasteiger partial charge in [0.05, 0.1) is 12.6 Å². The monoisotopic (exact) mass is 296 g/mol. The smallest absolute Gasteiger partial charge is 0.251 e. The first-order valence-corrected chi connectivity index (χ1v) is 8.00. The molecule has 6 heteroatoms. The molecular formula is C14H20N2O3S. The predicted molar refractivity (Wildman–Crippen MR) is 79.2 cm³/mol. The minimum atomic E-state index is -0.216. The molecule has 1 aromatic heterocycles. The number of nitrogens with zero attached hydrogens (tertiary/aromatic N) is 1. The second-order valence-electron chi connectivity index (χ2n) is 4.75. The van der Waals surface area contributed by atoms with Crippen molar-refractivity contribution < 1.29 is 14.6 Å². The number of nitrogens with one attached hydrogen (secondary N) is 1. The Labute approximate surface area is 123 Å². The van der Waals surface area contributed by atoms with Crippen molar-refractivity contribution in [2.75, 3.05) is 18.1 Å². The molecule has 5 nitrogen and oxygen atoms in total. The van der Waals surface area contributed by atoms with Crippen LogP contribution in [0.5, 0.6) is 5.88 Å². The standard InChI is InChI=1S/C14H20N2O3S/c1-2-11(8-17)16-14(18)10-3-5-15-13(7-10)19-12-4-6-20-9-12/h3,5,7,11-12,17H,2,4,6,8-9H2,1H3,(H,16,18). The molecule has 1 aliphatic heterocycles. The van der Waals surface area contributed by atoms with Gasteiger partial charge in [0.15, 0.2) is 0 Å². The molecule has 2 heterocycles. The number of amides is 1. The minimum absolute atomic E-state index is 0.0595. The van der Waals surface area contributed by atoms with Crippen LogP contribution in [-0.2, 0) is 0 Å². The Morgan fingerprint density at radius 1 is 1.70 bits per heavy atom. The van der Waals surface area contributed by atoms with Crippen LogP contribution in [-0.4, -0.2) is 46.3 Å². The fourth-order valence-corrected chi connectivity index (χ4v) is 3.03. The number of hydrogen-bond donors (Lipinski definition) is 2. The molecule has 2 atom stereocenters. The number of pyridine rings is 1. The number of aromatic nitrogens is 1. The molecule has 2 N–H and O–H groups in total. The zero-order chi connectivity index (χ0) is 14.4. The first-order valence-electron chi connectivity index (χ1n) is 6.85. The highest BCUT2D eigenvalue weighted by Gasteiger charge is 2.18. The number of carbonyl (C=O) groups excluding carboxylic acids is 1. The van der Waals surface area contributed by atoms with E-state index in [0.29, 0.717) is 17.9 Å². The molecule has 1 aliphatic rings. The van der Waals surface area contributed by atoms with E-state index in [9.17, 15) is 4.79 Å². The number of thioether (sulfide) groups is 1. The molecular weight excluding hydrogens is 276 g/mol. The zero-order valence-corrected chi connectivity index (χ0v) is 12.4. The molecule has 2 unspecified atom stereocenters. The van der Waals surface area contributed by atoms with Gasteiger partial charge in [-0.1, -0.05) is 6.92 Å². The molecule has 110 valence electrons. The van der Waals surface area contributed by atoms with E-state index >= 15 is 0 Å². The number of hydrogen-bond acceptors (Lipinski definition) is 5. The molecule has 1 saturated heterocycles. The summed E-state index contributed by atoms with van der Waals surface area (Å²) in [6.07, 6.45) is 3.47. The maximum atomic E-state index is 12.1. The second-order valence-corrected chi connectivity index (χ2v) is 5.90. The Kier molecular flexibility index (Phi) is 5.67. The van der Waals surface area contributed by atoms with E-state index in [-0.39, 0.29) is 24.7 Å². The fourth-order valence-electron chi connectivity index (χ4n) is 1.94. The minimum Gasteiger partial charge on any atom is -0.473 e. The molecule has 0 aliphatic carbocycles. The van der Waals surface area contributed by atoms with Gasteiger partial charge < -0.3 is 15.2 Å². The van der Waals surface area contributed by atoms with Crippen molar-refractivity contribution in [2.45, 2.75) is 31.9 Å². The van der Waals surface area contributed by atoms with Gasteiger partial charge in [0.2, 0.25) is 5.88 Å². The third kappa shape index (κ3) is 4.11. The summed E-state index contributed by atoms with van der Waals surface area (Å²) in [5.74, 6) is 2.36. The second kappa shape index (κ2) is 7.50. The van der Waals surface area contributed by atoms with Gasteiger partial charge in [0.1, 0.15) is 6.10 Å². The number of ether oxygens (including phenoxy) is 1. The van der Waals surface area contributed by atoms with Gasteiger partial charge in [-0.3, -0.25) is 4.79 Å². The van der Waals surface area contributed by atoms with E-state index in [0.717, 1.165) is 17.9 Å². The molecule has 0 radical (unpaired) electrons. The number of carbonyl (C=O) groups is 1. The Hall–Kier alpha value is -1.27. The highest BCUT2D eigenvalue weighted by atomic mass is 32.2. The first kappa shape index (κ1) is 15.1. The van der Waals surface area contributed by atoms with Crippen LogP contribution in [0, 0.1) is 0 Å². The molecule has 1 amide bonds. The van der Waals surface area contributed by atoms with Gasteiger partial charge in [-0.25, -0.2) is 4.98 Å². The predicted octanol–water partition coefficient (Wildman–Crippen LogP) is 1.47. The molecule has 0 bridgehead atoms. The molecule has 0 aromatic carbocycles. The van der Waals surface area contributed by atoms with Crippen LogP contribution in [0.3, 0.4) is 0 Å². The number of aliphatic hydroxyl groups excluding tert-OH is 1. The van der Waals surface area contributed by atoms with Crippen molar-refractivity contribution in [2.24, 2.45) is 0 Å². The Balaban J connectivity index is 1.99. The van der Waals surface area contributed by atoms with Crippen LogP contribution in [0.25, 0.3) is 0 Å². The van der Waals surface area contributed by atoms with E-state index in [1.165, 1.54) is 0 Å². The SMILES string of the molecule is CCC(CO)NC(=O)c1ccnc(OC2CCSC2)c1. The third-order valence-corrected chi connectivity index (χ3v) is 4.35. The fraction of sp³-hybridized carbons (Fsp3) is 0.571. The third-order valence-electron chi connectivity index (χ3n) is 3.22. The summed E-state index contributed by atoms with van der Waals surface area (Å²) in [5, 5.41) is 11.9. The summed E-state index contributed by atoms with van der Waals surface area (Å²) >= 11 is 1.87. The zero-order valence-electron chi connectivity index (χ0n) is 11.5. The van der Waals surface area contributed by atoms with E-state index in [1.807, 2.05) is 18.7 Å². The first-order chi connectivity index (χ1) is 9.72. The lowest BCUT2D eigenvalue weighted by atomic mass is 10.2. The van der Waals surface area contributed by atoms with Crippen LogP contribution in [0.15, 0.2) is 18.3 Å². The number of aliphatic hydroxyl groups is 1. The van der Waals surface area contributed by atoms with Crippen molar-refractivity contribution in [3.63, 3.8) is 0 Å². The summed E-state index contributed by atoms with van der Waals surface area (Å²) in [7, 11) is 0. The van der Waals surface area contributed by atoms with Crippen molar-refractivity contribution in [1.82, 2.24) is 10.3 Å². The lowest BCUT2D eigenvalue weighted by molar-refractivity contribution is 0.0914. The maximum Gasteiger partial charge on any atom is 0.251 e. The molecule has 1 aromatic rings. The summed E-state index contributed by atoms with van der Waals surface area (Å²) < 4.78 is 5.76. The van der Waals surface area contributed by atoms with E-state index in [4.69, 9.17) is 9.84 Å². The highest BCUT2D eigenvalue weighted by Crippen LogP contribution is 2.22. The molecule has 20 heavy (non-hydrogen) atoms. The van der Waals surface area contributed by atoms with Crippen molar-refractivity contribution >= 4 is 17.7 Å². The Bertz CT molecular complexity index is 446. The largest absolute Gasteiger partial charge is 0.473 e. The average Bonchev–Trinajstić information content (AvgIpc) is 2.97. The Morgan fingerprint density at radius 2 is 2.55 bits per heavy atom. The van der Waals surface area contributed by atoms with Crippen molar-refractivity contribution in [1.29, 1.82) is 0 Å². The van der Waals surface area contributed by atoms with Crippen molar-refractivity contribution in [3.05, 3.63) is 23.9 Å². The van der Waals surface area contributed by atoms with Crippen LogP contribution < -0.4 is 10.1 Å². The van der Waals surface area contributed by atoms with E-state index < -0.39 is 0 Å². The normalized spacial score (nSPS) is 19.6. The van der Waals surface area contributed by atoms with Gasteiger partial charge in [0, 0.05) is 23.6 Å². The Morgan fingerprint density at radius 3 is 3.20 bits per heavy atom. The van der Waals surface area contributed by atoms with Crippen LogP contribution >= 0.6 is 11.8 Å². The molecule has 0 spiro atoms. The van der Waals surface area contributed by atoms with Gasteiger partial charge in [-0.2, -0.15) is 11.8 Å². The lowest BCUT2D eigenvalue weighted by Gasteiger charge is -2.15. The maximum absolute atomic E-state index is 12.1. The van der Waals surface area contributed by atoms with Crippen LogP contribution in [0.4, 0.5) is 0 Å². The highest BCUT2D eigenvalue weighted by molar-refractivity contribution is 7.99. The summed E-state index contributed by atoms with van der Waals surface area (Å²) in [5.41, 5.74) is 0.507. The van der Waals surface area contributed by atoms with E-state index in [1.54, 1.807) is 18.3 Å².